The molecule has 0 aliphatic rings. The highest BCUT2D eigenvalue weighted by Crippen LogP contribution is 2.29. The number of aryl methyl sites for hydroxylation is 1. The Bertz CT molecular complexity index is 1400. The Kier molecular flexibility index (Phi) is 6.31. The SMILES string of the molecule is CCn1nc(C(F)(F)F)cc1C(=O)Nc1nc2cc(C(N)=O)ccc2n1C[C@@H](O)c1ccccc1. The van der Waals surface area contributed by atoms with Gasteiger partial charge >= 0.3 is 6.18 Å². The summed E-state index contributed by atoms with van der Waals surface area (Å²) < 4.78 is 41.8. The molecule has 0 aliphatic heterocycles. The van der Waals surface area contributed by atoms with Crippen LogP contribution in [0.3, 0.4) is 0 Å². The van der Waals surface area contributed by atoms with Gasteiger partial charge in [-0.2, -0.15) is 18.3 Å². The maximum Gasteiger partial charge on any atom is 0.435 e. The molecule has 2 heterocycles. The standard InChI is InChI=1S/C23H21F3N6O3/c1-2-32-17(11-19(30-32)23(24,25)26)21(35)29-22-28-15-10-14(20(27)34)8-9-16(15)31(22)12-18(33)13-6-4-3-5-7-13/h3-11,18,33H,2,12H2,1H3,(H2,27,34)(H,28,29,35)/t18-/m1/s1. The Morgan fingerprint density at radius 3 is 2.49 bits per heavy atom. The first kappa shape index (κ1) is 24.0. The molecule has 35 heavy (non-hydrogen) atoms. The number of benzene rings is 2. The van der Waals surface area contributed by atoms with Gasteiger partial charge in [0.15, 0.2) is 5.69 Å². The lowest BCUT2D eigenvalue weighted by molar-refractivity contribution is -0.141. The highest BCUT2D eigenvalue weighted by Gasteiger charge is 2.36. The lowest BCUT2D eigenvalue weighted by Gasteiger charge is -2.15. The lowest BCUT2D eigenvalue weighted by Crippen LogP contribution is -2.21. The minimum absolute atomic E-state index is 0.0287. The molecule has 0 unspecified atom stereocenters. The number of primary amides is 1. The van der Waals surface area contributed by atoms with Crippen LogP contribution in [0.2, 0.25) is 0 Å². The molecule has 2 aromatic heterocycles. The van der Waals surface area contributed by atoms with E-state index >= 15 is 0 Å². The molecule has 9 nitrogen and oxygen atoms in total. The molecule has 0 saturated carbocycles. The van der Waals surface area contributed by atoms with Gasteiger partial charge in [-0.05, 0) is 30.7 Å². The third kappa shape index (κ3) is 4.87. The van der Waals surface area contributed by atoms with Crippen molar-refractivity contribution in [1.82, 2.24) is 19.3 Å². The van der Waals surface area contributed by atoms with Crippen LogP contribution in [0.4, 0.5) is 19.1 Å². The zero-order valence-corrected chi connectivity index (χ0v) is 18.5. The zero-order valence-electron chi connectivity index (χ0n) is 18.5. The van der Waals surface area contributed by atoms with Crippen molar-refractivity contribution in [3.63, 3.8) is 0 Å². The van der Waals surface area contributed by atoms with Gasteiger partial charge in [0.1, 0.15) is 5.69 Å². The van der Waals surface area contributed by atoms with E-state index in [1.807, 2.05) is 0 Å². The molecule has 4 aromatic rings. The van der Waals surface area contributed by atoms with E-state index in [2.05, 4.69) is 15.4 Å². The Hall–Kier alpha value is -4.19. The zero-order chi connectivity index (χ0) is 25.3. The molecule has 1 atom stereocenters. The number of fused-ring (bicyclic) bond motifs is 1. The average molecular weight is 486 g/mol. The number of aliphatic hydroxyl groups is 1. The summed E-state index contributed by atoms with van der Waals surface area (Å²) in [5.41, 5.74) is 5.42. The van der Waals surface area contributed by atoms with Crippen molar-refractivity contribution in [3.8, 4) is 0 Å². The molecular formula is C23H21F3N6O3. The smallest absolute Gasteiger partial charge is 0.387 e. The number of carbonyl (C=O) groups is 2. The van der Waals surface area contributed by atoms with Crippen LogP contribution in [0.15, 0.2) is 54.6 Å². The third-order valence-electron chi connectivity index (χ3n) is 5.40. The quantitative estimate of drug-likeness (QED) is 0.369. The number of aromatic nitrogens is 4. The van der Waals surface area contributed by atoms with Gasteiger partial charge < -0.3 is 15.4 Å². The number of anilines is 1. The summed E-state index contributed by atoms with van der Waals surface area (Å²) in [5, 5.41) is 16.7. The van der Waals surface area contributed by atoms with Gasteiger partial charge in [0.2, 0.25) is 11.9 Å². The summed E-state index contributed by atoms with van der Waals surface area (Å²) in [4.78, 5) is 28.9. The van der Waals surface area contributed by atoms with Gasteiger partial charge in [0, 0.05) is 18.2 Å². The Balaban J connectivity index is 1.74. The van der Waals surface area contributed by atoms with E-state index in [0.717, 1.165) is 4.68 Å². The van der Waals surface area contributed by atoms with Crippen LogP contribution in [-0.4, -0.2) is 36.3 Å². The highest BCUT2D eigenvalue weighted by molar-refractivity contribution is 6.03. The van der Waals surface area contributed by atoms with Crippen LogP contribution in [0, 0.1) is 0 Å². The van der Waals surface area contributed by atoms with Gasteiger partial charge in [-0.3, -0.25) is 19.6 Å². The molecule has 182 valence electrons. The van der Waals surface area contributed by atoms with Crippen LogP contribution < -0.4 is 11.1 Å². The molecule has 0 aliphatic carbocycles. The molecule has 4 N–H and O–H groups in total. The first-order valence-corrected chi connectivity index (χ1v) is 10.6. The summed E-state index contributed by atoms with van der Waals surface area (Å²) >= 11 is 0. The van der Waals surface area contributed by atoms with E-state index in [4.69, 9.17) is 5.73 Å². The van der Waals surface area contributed by atoms with Crippen LogP contribution in [0.5, 0.6) is 0 Å². The number of aliphatic hydroxyl groups excluding tert-OH is 1. The Labute approximate surface area is 197 Å². The van der Waals surface area contributed by atoms with E-state index in [9.17, 15) is 27.9 Å². The number of nitrogens with two attached hydrogens (primary N) is 1. The van der Waals surface area contributed by atoms with Crippen molar-refractivity contribution in [2.45, 2.75) is 32.3 Å². The summed E-state index contributed by atoms with van der Waals surface area (Å²) in [6.45, 7) is 1.55. The number of hydrogen-bond donors (Lipinski definition) is 3. The summed E-state index contributed by atoms with van der Waals surface area (Å²) in [5.74, 6) is -1.57. The van der Waals surface area contributed by atoms with Gasteiger partial charge in [0.05, 0.1) is 23.7 Å². The van der Waals surface area contributed by atoms with Crippen LogP contribution in [-0.2, 0) is 19.3 Å². The summed E-state index contributed by atoms with van der Waals surface area (Å²) in [7, 11) is 0. The number of halogens is 3. The predicted molar refractivity (Wildman–Crippen MR) is 121 cm³/mol. The molecule has 4 rings (SSSR count). The van der Waals surface area contributed by atoms with Gasteiger partial charge in [-0.1, -0.05) is 30.3 Å². The first-order valence-electron chi connectivity index (χ1n) is 10.6. The monoisotopic (exact) mass is 486 g/mol. The van der Waals surface area contributed by atoms with E-state index in [0.29, 0.717) is 22.7 Å². The van der Waals surface area contributed by atoms with Crippen molar-refractivity contribution < 1.29 is 27.9 Å². The van der Waals surface area contributed by atoms with Crippen molar-refractivity contribution in [2.75, 3.05) is 5.32 Å². The fourth-order valence-electron chi connectivity index (χ4n) is 3.66. The van der Waals surface area contributed by atoms with E-state index in [1.54, 1.807) is 43.3 Å². The average Bonchev–Trinajstić information content (AvgIpc) is 3.41. The van der Waals surface area contributed by atoms with E-state index in [1.165, 1.54) is 16.7 Å². The minimum atomic E-state index is -4.71. The van der Waals surface area contributed by atoms with Crippen molar-refractivity contribution in [2.24, 2.45) is 5.73 Å². The van der Waals surface area contributed by atoms with Crippen molar-refractivity contribution in [1.29, 1.82) is 0 Å². The summed E-state index contributed by atoms with van der Waals surface area (Å²) in [6, 6.07) is 13.9. The second kappa shape index (κ2) is 9.22. The van der Waals surface area contributed by atoms with Gasteiger partial charge in [-0.15, -0.1) is 0 Å². The number of nitrogens with one attached hydrogen (secondary N) is 1. The first-order chi connectivity index (χ1) is 16.6. The van der Waals surface area contributed by atoms with Gasteiger partial charge in [-0.25, -0.2) is 4.98 Å². The van der Waals surface area contributed by atoms with Crippen molar-refractivity contribution >= 4 is 28.8 Å². The highest BCUT2D eigenvalue weighted by atomic mass is 19.4. The maximum atomic E-state index is 13.1. The Morgan fingerprint density at radius 2 is 1.86 bits per heavy atom. The van der Waals surface area contributed by atoms with E-state index < -0.39 is 29.8 Å². The molecule has 0 bridgehead atoms. The minimum Gasteiger partial charge on any atom is -0.387 e. The maximum absolute atomic E-state index is 13.1. The van der Waals surface area contributed by atoms with Crippen molar-refractivity contribution in [3.05, 3.63) is 77.1 Å². The molecular weight excluding hydrogens is 465 g/mol. The number of alkyl halides is 3. The predicted octanol–water partition coefficient (Wildman–Crippen LogP) is 3.36. The Morgan fingerprint density at radius 1 is 1.14 bits per heavy atom. The molecule has 0 radical (unpaired) electrons. The summed E-state index contributed by atoms with van der Waals surface area (Å²) in [6.07, 6.45) is -5.70. The normalized spacial score (nSPS) is 12.6. The van der Waals surface area contributed by atoms with Crippen LogP contribution in [0.25, 0.3) is 11.0 Å². The van der Waals surface area contributed by atoms with E-state index in [-0.39, 0.29) is 30.3 Å². The third-order valence-corrected chi connectivity index (χ3v) is 5.40. The second-order valence-corrected chi connectivity index (χ2v) is 7.72. The fraction of sp³-hybridized carbons (Fsp3) is 0.217. The van der Waals surface area contributed by atoms with Crippen LogP contribution in [0.1, 0.15) is 45.1 Å². The van der Waals surface area contributed by atoms with Crippen LogP contribution >= 0.6 is 0 Å². The number of rotatable bonds is 7. The number of nitrogens with zero attached hydrogens (tertiary/aromatic N) is 4. The number of amides is 2. The van der Waals surface area contributed by atoms with Gasteiger partial charge in [0.25, 0.3) is 5.91 Å². The second-order valence-electron chi connectivity index (χ2n) is 7.72. The number of carbonyl (C=O) groups excluding carboxylic acids is 2. The fourth-order valence-corrected chi connectivity index (χ4v) is 3.66. The molecule has 2 aromatic carbocycles. The lowest BCUT2D eigenvalue weighted by atomic mass is 10.1. The molecule has 12 heteroatoms. The largest absolute Gasteiger partial charge is 0.435 e. The molecule has 0 saturated heterocycles. The number of hydrogen-bond acceptors (Lipinski definition) is 5. The molecule has 2 amide bonds. The molecule has 0 fully saturated rings. The molecule has 0 spiro atoms. The topological polar surface area (TPSA) is 128 Å². The number of imidazole rings is 1.